The molecule has 34 heavy (non-hydrogen) atoms. The van der Waals surface area contributed by atoms with E-state index in [0.29, 0.717) is 18.8 Å². The van der Waals surface area contributed by atoms with Crippen molar-refractivity contribution in [1.82, 2.24) is 19.6 Å². The van der Waals surface area contributed by atoms with Crippen LogP contribution in [0.5, 0.6) is 5.88 Å². The summed E-state index contributed by atoms with van der Waals surface area (Å²) >= 11 is 0. The number of hydrogen-bond donors (Lipinski definition) is 1. The fourth-order valence-electron chi connectivity index (χ4n) is 3.49. The number of nitriles is 1. The molecule has 2 atom stereocenters. The largest absolute Gasteiger partial charge is 0.473 e. The average molecular weight is 502 g/mol. The Morgan fingerprint density at radius 3 is 2.47 bits per heavy atom. The van der Waals surface area contributed by atoms with E-state index < -0.39 is 33.1 Å². The number of pyridine rings is 1. The Hall–Kier alpha value is -2.69. The normalized spacial score (nSPS) is 19.6. The lowest BCUT2D eigenvalue weighted by molar-refractivity contribution is -0.141. The topological polar surface area (TPSA) is 119 Å². The highest BCUT2D eigenvalue weighted by atomic mass is 32.2. The van der Waals surface area contributed by atoms with Gasteiger partial charge >= 0.3 is 6.18 Å². The van der Waals surface area contributed by atoms with Gasteiger partial charge in [-0.05, 0) is 58.1 Å². The first kappa shape index (κ1) is 25.9. The molecule has 0 spiro atoms. The lowest BCUT2D eigenvalue weighted by Crippen LogP contribution is -2.33. The van der Waals surface area contributed by atoms with Gasteiger partial charge in [0.25, 0.3) is 10.0 Å². The molecule has 1 N–H and O–H groups in total. The molecule has 2 aromatic rings. The van der Waals surface area contributed by atoms with Gasteiger partial charge in [-0.25, -0.2) is 13.4 Å². The fraction of sp³-hybridized carbons (Fsp3) is 0.571. The van der Waals surface area contributed by atoms with E-state index in [1.807, 2.05) is 11.8 Å². The predicted molar refractivity (Wildman–Crippen MR) is 114 cm³/mol. The monoisotopic (exact) mass is 501 g/mol. The second-order valence-electron chi connectivity index (χ2n) is 9.22. The van der Waals surface area contributed by atoms with Crippen molar-refractivity contribution < 1.29 is 31.2 Å². The molecule has 0 radical (unpaired) electrons. The first-order chi connectivity index (χ1) is 15.7. The fourth-order valence-corrected chi connectivity index (χ4v) is 4.39. The van der Waals surface area contributed by atoms with Crippen LogP contribution in [0.2, 0.25) is 0 Å². The van der Waals surface area contributed by atoms with E-state index in [2.05, 4.69) is 10.1 Å². The molecule has 2 unspecified atom stereocenters. The van der Waals surface area contributed by atoms with Gasteiger partial charge in [-0.2, -0.15) is 28.2 Å². The summed E-state index contributed by atoms with van der Waals surface area (Å²) in [5, 5.41) is 13.0. The number of halogens is 3. The van der Waals surface area contributed by atoms with Gasteiger partial charge in [-0.1, -0.05) is 18.2 Å². The second-order valence-corrected chi connectivity index (χ2v) is 10.9. The molecule has 0 aromatic carbocycles. The summed E-state index contributed by atoms with van der Waals surface area (Å²) in [6.45, 7) is 6.97. The summed E-state index contributed by atoms with van der Waals surface area (Å²) in [4.78, 5) is 10.8. The van der Waals surface area contributed by atoms with E-state index in [1.54, 1.807) is 26.8 Å². The van der Waals surface area contributed by atoms with Gasteiger partial charge in [0, 0.05) is 6.20 Å². The summed E-state index contributed by atoms with van der Waals surface area (Å²) in [7, 11) is -4.09. The molecule has 3 rings (SSSR count). The van der Waals surface area contributed by atoms with E-state index in [-0.39, 0.29) is 22.7 Å². The minimum Gasteiger partial charge on any atom is -0.473 e. The van der Waals surface area contributed by atoms with Crippen LogP contribution in [-0.2, 0) is 21.0 Å². The zero-order chi connectivity index (χ0) is 25.3. The highest BCUT2D eigenvalue weighted by Gasteiger charge is 2.41. The van der Waals surface area contributed by atoms with Crippen LogP contribution in [0.4, 0.5) is 13.2 Å². The molecule has 2 heterocycles. The zero-order valence-corrected chi connectivity index (χ0v) is 20.0. The third-order valence-corrected chi connectivity index (χ3v) is 6.26. The summed E-state index contributed by atoms with van der Waals surface area (Å²) in [5.41, 5.74) is -2.93. The predicted octanol–water partition coefficient (Wildman–Crippen LogP) is 4.12. The van der Waals surface area contributed by atoms with Crippen LogP contribution in [0.1, 0.15) is 64.6 Å². The van der Waals surface area contributed by atoms with Crippen LogP contribution < -0.4 is 9.62 Å². The number of sulfonamides is 1. The van der Waals surface area contributed by atoms with Crippen LogP contribution >= 0.6 is 0 Å². The van der Waals surface area contributed by atoms with Crippen molar-refractivity contribution in [3.63, 3.8) is 0 Å². The smallest absolute Gasteiger partial charge is 0.436 e. The highest BCUT2D eigenvalue weighted by Crippen LogP contribution is 2.38. The molecule has 0 saturated heterocycles. The van der Waals surface area contributed by atoms with Crippen LogP contribution in [0.3, 0.4) is 0 Å². The quantitative estimate of drug-likeness (QED) is 0.591. The lowest BCUT2D eigenvalue weighted by Gasteiger charge is -2.27. The van der Waals surface area contributed by atoms with E-state index >= 15 is 0 Å². The van der Waals surface area contributed by atoms with Gasteiger partial charge in [0.1, 0.15) is 22.6 Å². The summed E-state index contributed by atoms with van der Waals surface area (Å²) in [6.07, 6.45) is -1.23. The van der Waals surface area contributed by atoms with Gasteiger partial charge in [-0.3, -0.25) is 4.84 Å². The summed E-state index contributed by atoms with van der Waals surface area (Å²) < 4.78 is 72.2. The molecular weight excluding hydrogens is 475 g/mol. The number of nitrogens with zero attached hydrogens (tertiary/aromatic N) is 4. The molecule has 1 fully saturated rings. The van der Waals surface area contributed by atoms with Gasteiger partial charge in [0.15, 0.2) is 11.5 Å². The molecule has 1 aliphatic rings. The molecule has 13 heteroatoms. The number of nitrogens with one attached hydrogen (secondary N) is 1. The van der Waals surface area contributed by atoms with Crippen LogP contribution in [-0.4, -0.2) is 34.9 Å². The molecule has 0 aliphatic heterocycles. The van der Waals surface area contributed by atoms with Crippen molar-refractivity contribution in [2.24, 2.45) is 5.92 Å². The van der Waals surface area contributed by atoms with Gasteiger partial charge in [0.2, 0.25) is 5.88 Å². The summed E-state index contributed by atoms with van der Waals surface area (Å²) in [6, 6.07) is 3.87. The Kier molecular flexibility index (Phi) is 7.26. The number of hydrogen-bond acceptors (Lipinski definition) is 7. The third kappa shape index (κ3) is 6.05. The minimum absolute atomic E-state index is 0.137. The molecule has 186 valence electrons. The Bertz CT molecular complexity index is 1170. The Labute approximate surface area is 195 Å². The van der Waals surface area contributed by atoms with E-state index in [1.165, 1.54) is 6.07 Å². The van der Waals surface area contributed by atoms with Crippen molar-refractivity contribution in [3.05, 3.63) is 29.6 Å². The Morgan fingerprint density at radius 2 is 1.94 bits per heavy atom. The van der Waals surface area contributed by atoms with E-state index in [4.69, 9.17) is 9.57 Å². The van der Waals surface area contributed by atoms with Gasteiger partial charge in [-0.15, -0.1) is 0 Å². The van der Waals surface area contributed by atoms with Crippen LogP contribution in [0, 0.1) is 17.2 Å². The highest BCUT2D eigenvalue weighted by molar-refractivity contribution is 7.89. The first-order valence-corrected chi connectivity index (χ1v) is 12.1. The van der Waals surface area contributed by atoms with Crippen molar-refractivity contribution in [2.75, 3.05) is 0 Å². The zero-order valence-electron chi connectivity index (χ0n) is 19.2. The molecule has 1 aliphatic carbocycles. The van der Waals surface area contributed by atoms with Gasteiger partial charge < -0.3 is 4.74 Å². The van der Waals surface area contributed by atoms with Crippen molar-refractivity contribution in [2.45, 2.75) is 76.2 Å². The van der Waals surface area contributed by atoms with Crippen LogP contribution in [0.15, 0.2) is 23.2 Å². The maximum Gasteiger partial charge on any atom is 0.436 e. The molecule has 9 nitrogen and oxygen atoms in total. The number of rotatable bonds is 6. The maximum atomic E-state index is 13.6. The SMILES string of the molecule is CC1CCCC(Oc2c(C#N)c(C(F)(F)F)nn2-c2ccc(S(=O)(=O)NOC(C)(C)C)cn2)C1. The minimum atomic E-state index is -4.90. The number of ether oxygens (including phenoxy) is 1. The van der Waals surface area contributed by atoms with Crippen molar-refractivity contribution in [1.29, 1.82) is 5.26 Å². The second kappa shape index (κ2) is 9.52. The summed E-state index contributed by atoms with van der Waals surface area (Å²) in [5.74, 6) is -0.180. The first-order valence-electron chi connectivity index (χ1n) is 10.6. The molecular formula is C21H26F3N5O4S. The van der Waals surface area contributed by atoms with E-state index in [9.17, 15) is 26.9 Å². The van der Waals surface area contributed by atoms with Crippen molar-refractivity contribution in [3.8, 4) is 17.8 Å². The third-order valence-electron chi connectivity index (χ3n) is 5.10. The lowest BCUT2D eigenvalue weighted by atomic mass is 9.89. The maximum absolute atomic E-state index is 13.6. The average Bonchev–Trinajstić information content (AvgIpc) is 3.11. The molecule has 0 bridgehead atoms. The van der Waals surface area contributed by atoms with Crippen molar-refractivity contribution >= 4 is 10.0 Å². The van der Waals surface area contributed by atoms with E-state index in [0.717, 1.165) is 29.8 Å². The van der Waals surface area contributed by atoms with Gasteiger partial charge in [0.05, 0.1) is 5.60 Å². The van der Waals surface area contributed by atoms with Crippen LogP contribution in [0.25, 0.3) is 5.82 Å². The molecule has 2 aromatic heterocycles. The Balaban J connectivity index is 1.99. The molecule has 0 amide bonds. The Morgan fingerprint density at radius 1 is 1.24 bits per heavy atom. The number of alkyl halides is 3. The number of aromatic nitrogens is 3. The molecule has 1 saturated carbocycles. The standard InChI is InChI=1S/C21H26F3N5O4S/c1-13-6-5-7-14(10-13)32-19-16(11-25)18(21(22,23)24)27-29(19)17-9-8-15(12-26-17)34(30,31)28-33-20(2,3)4/h8-9,12-14,28H,5-7,10H2,1-4H3.